The number of benzene rings is 1. The van der Waals surface area contributed by atoms with Crippen LogP contribution in [0, 0.1) is 6.92 Å². The highest BCUT2D eigenvalue weighted by atomic mass is 16.4. The zero-order valence-electron chi connectivity index (χ0n) is 7.57. The van der Waals surface area contributed by atoms with Crippen molar-refractivity contribution in [2.75, 3.05) is 5.73 Å². The van der Waals surface area contributed by atoms with Crippen LogP contribution in [-0.2, 0) is 0 Å². The second kappa shape index (κ2) is 2.77. The molecule has 0 saturated heterocycles. The quantitative estimate of drug-likeness (QED) is 0.676. The van der Waals surface area contributed by atoms with Gasteiger partial charge in [-0.2, -0.15) is 0 Å². The van der Waals surface area contributed by atoms with Crippen LogP contribution in [0.4, 0.5) is 5.69 Å². The van der Waals surface area contributed by atoms with Gasteiger partial charge >= 0.3 is 5.97 Å². The Hall–Kier alpha value is -1.97. The van der Waals surface area contributed by atoms with Crippen molar-refractivity contribution in [2.24, 2.45) is 0 Å². The van der Waals surface area contributed by atoms with E-state index in [9.17, 15) is 4.79 Å². The zero-order chi connectivity index (χ0) is 10.3. The standard InChI is InChI=1S/C10H9NO3/c1-5-4-14-8-3-6(10(12)13)2-7(11)9(5)8/h2-4H,11H2,1H3,(H,12,13). The third-order valence-electron chi connectivity index (χ3n) is 2.14. The van der Waals surface area contributed by atoms with Crippen molar-refractivity contribution in [3.8, 4) is 0 Å². The molecule has 1 heterocycles. The number of hydrogen-bond donors (Lipinski definition) is 2. The van der Waals surface area contributed by atoms with E-state index in [0.29, 0.717) is 11.3 Å². The summed E-state index contributed by atoms with van der Waals surface area (Å²) in [7, 11) is 0. The number of furan rings is 1. The van der Waals surface area contributed by atoms with E-state index >= 15 is 0 Å². The molecule has 4 nitrogen and oxygen atoms in total. The molecule has 1 aromatic heterocycles. The Labute approximate surface area is 79.9 Å². The predicted octanol–water partition coefficient (Wildman–Crippen LogP) is 2.02. The molecule has 1 aromatic carbocycles. The van der Waals surface area contributed by atoms with Gasteiger partial charge in [-0.25, -0.2) is 4.79 Å². The zero-order valence-corrected chi connectivity index (χ0v) is 7.57. The van der Waals surface area contributed by atoms with E-state index in [4.69, 9.17) is 15.3 Å². The van der Waals surface area contributed by atoms with Crippen molar-refractivity contribution < 1.29 is 14.3 Å². The summed E-state index contributed by atoms with van der Waals surface area (Å²) in [6, 6.07) is 2.91. The molecule has 0 aliphatic rings. The fraction of sp³-hybridized carbons (Fsp3) is 0.100. The molecule has 0 unspecified atom stereocenters. The van der Waals surface area contributed by atoms with Gasteiger partial charge in [-0.3, -0.25) is 0 Å². The fourth-order valence-corrected chi connectivity index (χ4v) is 1.49. The van der Waals surface area contributed by atoms with Gasteiger partial charge in [0.2, 0.25) is 0 Å². The highest BCUT2D eigenvalue weighted by molar-refractivity contribution is 5.99. The Morgan fingerprint density at radius 1 is 1.50 bits per heavy atom. The van der Waals surface area contributed by atoms with Crippen LogP contribution in [0.2, 0.25) is 0 Å². The second-order valence-electron chi connectivity index (χ2n) is 3.16. The van der Waals surface area contributed by atoms with Gasteiger partial charge in [0.15, 0.2) is 0 Å². The summed E-state index contributed by atoms with van der Waals surface area (Å²) < 4.78 is 5.18. The molecule has 0 amide bonds. The minimum Gasteiger partial charge on any atom is -0.478 e. The van der Waals surface area contributed by atoms with Crippen molar-refractivity contribution in [1.29, 1.82) is 0 Å². The normalized spacial score (nSPS) is 10.6. The van der Waals surface area contributed by atoms with Gasteiger partial charge in [0.25, 0.3) is 0 Å². The monoisotopic (exact) mass is 191 g/mol. The van der Waals surface area contributed by atoms with E-state index in [-0.39, 0.29) is 5.56 Å². The lowest BCUT2D eigenvalue weighted by atomic mass is 10.1. The Morgan fingerprint density at radius 2 is 2.21 bits per heavy atom. The molecule has 0 fully saturated rings. The molecule has 0 radical (unpaired) electrons. The van der Waals surface area contributed by atoms with Gasteiger partial charge in [-0.05, 0) is 24.6 Å². The number of nitrogens with two attached hydrogens (primary N) is 1. The predicted molar refractivity (Wildman–Crippen MR) is 52.3 cm³/mol. The summed E-state index contributed by atoms with van der Waals surface area (Å²) >= 11 is 0. The summed E-state index contributed by atoms with van der Waals surface area (Å²) in [5.41, 5.74) is 7.72. The largest absolute Gasteiger partial charge is 0.478 e. The van der Waals surface area contributed by atoms with E-state index in [1.165, 1.54) is 12.1 Å². The molecule has 2 aromatic rings. The fourth-order valence-electron chi connectivity index (χ4n) is 1.49. The Kier molecular flexibility index (Phi) is 1.70. The Bertz CT molecular complexity index is 513. The Balaban J connectivity index is 2.80. The van der Waals surface area contributed by atoms with Gasteiger partial charge in [-0.1, -0.05) is 0 Å². The summed E-state index contributed by atoms with van der Waals surface area (Å²) in [5, 5.41) is 9.57. The highest BCUT2D eigenvalue weighted by Crippen LogP contribution is 2.27. The van der Waals surface area contributed by atoms with Gasteiger partial charge < -0.3 is 15.3 Å². The van der Waals surface area contributed by atoms with E-state index < -0.39 is 5.97 Å². The number of carboxylic acids is 1. The Morgan fingerprint density at radius 3 is 2.86 bits per heavy atom. The summed E-state index contributed by atoms with van der Waals surface area (Å²) in [5.74, 6) is -1.01. The first-order chi connectivity index (χ1) is 6.59. The summed E-state index contributed by atoms with van der Waals surface area (Å²) in [6.07, 6.45) is 1.56. The number of aryl methyl sites for hydroxylation is 1. The van der Waals surface area contributed by atoms with Crippen LogP contribution < -0.4 is 5.73 Å². The molecule has 0 aliphatic carbocycles. The lowest BCUT2D eigenvalue weighted by molar-refractivity contribution is 0.0697. The lowest BCUT2D eigenvalue weighted by Gasteiger charge is -1.99. The topological polar surface area (TPSA) is 76.5 Å². The molecule has 3 N–H and O–H groups in total. The molecule has 0 saturated carbocycles. The van der Waals surface area contributed by atoms with Crippen molar-refractivity contribution in [3.05, 3.63) is 29.5 Å². The van der Waals surface area contributed by atoms with Crippen LogP contribution in [0.25, 0.3) is 11.0 Å². The number of carbonyl (C=O) groups is 1. The molecule has 0 spiro atoms. The first-order valence-electron chi connectivity index (χ1n) is 4.10. The van der Waals surface area contributed by atoms with Gasteiger partial charge in [-0.15, -0.1) is 0 Å². The minimum absolute atomic E-state index is 0.143. The van der Waals surface area contributed by atoms with Crippen molar-refractivity contribution in [2.45, 2.75) is 6.92 Å². The van der Waals surface area contributed by atoms with Crippen LogP contribution >= 0.6 is 0 Å². The smallest absolute Gasteiger partial charge is 0.335 e. The van der Waals surface area contributed by atoms with E-state index in [1.54, 1.807) is 6.26 Å². The van der Waals surface area contributed by atoms with Crippen LogP contribution in [0.5, 0.6) is 0 Å². The maximum Gasteiger partial charge on any atom is 0.335 e. The van der Waals surface area contributed by atoms with Crippen molar-refractivity contribution >= 4 is 22.6 Å². The first kappa shape index (κ1) is 8.62. The third kappa shape index (κ3) is 1.12. The average molecular weight is 191 g/mol. The van der Waals surface area contributed by atoms with E-state index in [2.05, 4.69) is 0 Å². The number of fused-ring (bicyclic) bond motifs is 1. The van der Waals surface area contributed by atoms with Gasteiger partial charge in [0.1, 0.15) is 5.58 Å². The van der Waals surface area contributed by atoms with E-state index in [1.807, 2.05) is 6.92 Å². The number of anilines is 1. The van der Waals surface area contributed by atoms with E-state index in [0.717, 1.165) is 10.9 Å². The SMILES string of the molecule is Cc1coc2cc(C(=O)O)cc(N)c12. The number of rotatable bonds is 1. The molecule has 0 atom stereocenters. The van der Waals surface area contributed by atoms with Crippen LogP contribution in [0.3, 0.4) is 0 Å². The molecular weight excluding hydrogens is 182 g/mol. The van der Waals surface area contributed by atoms with Crippen molar-refractivity contribution in [3.63, 3.8) is 0 Å². The highest BCUT2D eigenvalue weighted by Gasteiger charge is 2.11. The molecule has 2 rings (SSSR count). The maximum absolute atomic E-state index is 10.7. The lowest BCUT2D eigenvalue weighted by Crippen LogP contribution is -1.98. The molecule has 0 aliphatic heterocycles. The minimum atomic E-state index is -1.01. The summed E-state index contributed by atoms with van der Waals surface area (Å²) in [6.45, 7) is 1.86. The van der Waals surface area contributed by atoms with Crippen molar-refractivity contribution in [1.82, 2.24) is 0 Å². The molecule has 72 valence electrons. The van der Waals surface area contributed by atoms with Gasteiger partial charge in [0, 0.05) is 11.1 Å². The molecule has 14 heavy (non-hydrogen) atoms. The van der Waals surface area contributed by atoms with Gasteiger partial charge in [0.05, 0.1) is 11.8 Å². The second-order valence-corrected chi connectivity index (χ2v) is 3.16. The molecular formula is C10H9NO3. The first-order valence-corrected chi connectivity index (χ1v) is 4.10. The number of nitrogen functional groups attached to an aromatic ring is 1. The average Bonchev–Trinajstić information content (AvgIpc) is 2.48. The molecule has 4 heteroatoms. The molecule has 0 bridgehead atoms. The number of aromatic carboxylic acids is 1. The number of carboxylic acid groups (broad SMARTS) is 1. The third-order valence-corrected chi connectivity index (χ3v) is 2.14. The maximum atomic E-state index is 10.7. The summed E-state index contributed by atoms with van der Waals surface area (Å²) in [4.78, 5) is 10.7. The van der Waals surface area contributed by atoms with Crippen LogP contribution in [-0.4, -0.2) is 11.1 Å². The number of hydrogen-bond acceptors (Lipinski definition) is 3. The van der Waals surface area contributed by atoms with Crippen LogP contribution in [0.15, 0.2) is 22.8 Å². The van der Waals surface area contributed by atoms with Crippen LogP contribution in [0.1, 0.15) is 15.9 Å².